The minimum absolute atomic E-state index is 0.739. The molecule has 1 nitrogen and oxygen atoms in total. The quantitative estimate of drug-likeness (QED) is 0.630. The Morgan fingerprint density at radius 1 is 0.684 bits per heavy atom. The van der Waals surface area contributed by atoms with Gasteiger partial charge in [-0.2, -0.15) is 0 Å². The molecule has 19 heavy (non-hydrogen) atoms. The molecule has 1 aromatic heterocycles. The average molecular weight is 266 g/mol. The maximum atomic E-state index is 5.91. The van der Waals surface area contributed by atoms with Crippen molar-refractivity contribution in [3.63, 3.8) is 0 Å². The topological polar surface area (TPSA) is 12.9 Å². The average Bonchev–Trinajstić information content (AvgIpc) is 2.49. The van der Waals surface area contributed by atoms with Crippen LogP contribution >= 0.6 is 11.6 Å². The minimum atomic E-state index is 0.739. The summed E-state index contributed by atoms with van der Waals surface area (Å²) in [6.07, 6.45) is 1.84. The van der Waals surface area contributed by atoms with Crippen molar-refractivity contribution in [1.82, 2.24) is 4.98 Å². The lowest BCUT2D eigenvalue weighted by atomic mass is 10.0. The smallest absolute Gasteiger partial charge is 0.0708 e. The molecule has 0 aliphatic carbocycles. The van der Waals surface area contributed by atoms with E-state index >= 15 is 0 Å². The molecule has 3 rings (SSSR count). The van der Waals surface area contributed by atoms with E-state index in [0.29, 0.717) is 0 Å². The first kappa shape index (κ1) is 11.9. The Kier molecular flexibility index (Phi) is 3.30. The summed E-state index contributed by atoms with van der Waals surface area (Å²) in [5, 5.41) is 0.739. The second kappa shape index (κ2) is 5.25. The minimum Gasteiger partial charge on any atom is -0.256 e. The molecule has 0 atom stereocenters. The van der Waals surface area contributed by atoms with Gasteiger partial charge in [-0.05, 0) is 35.4 Å². The summed E-state index contributed by atoms with van der Waals surface area (Å²) in [6, 6.07) is 22.1. The third-order valence-electron chi connectivity index (χ3n) is 3.01. The Morgan fingerprint density at radius 3 is 2.16 bits per heavy atom. The van der Waals surface area contributed by atoms with Crippen LogP contribution in [0.3, 0.4) is 0 Å². The van der Waals surface area contributed by atoms with E-state index in [1.807, 2.05) is 54.7 Å². The van der Waals surface area contributed by atoms with Gasteiger partial charge in [-0.3, -0.25) is 4.98 Å². The van der Waals surface area contributed by atoms with Crippen molar-refractivity contribution in [2.24, 2.45) is 0 Å². The monoisotopic (exact) mass is 265 g/mol. The normalized spacial score (nSPS) is 10.4. The number of benzene rings is 2. The highest BCUT2D eigenvalue weighted by molar-refractivity contribution is 6.30. The number of hydrogen-bond acceptors (Lipinski definition) is 1. The lowest BCUT2D eigenvalue weighted by molar-refractivity contribution is 1.33. The molecule has 0 N–H and O–H groups in total. The summed E-state index contributed by atoms with van der Waals surface area (Å²) in [5.41, 5.74) is 4.39. The number of pyridine rings is 1. The van der Waals surface area contributed by atoms with Crippen LogP contribution in [-0.4, -0.2) is 4.98 Å². The van der Waals surface area contributed by atoms with Crippen molar-refractivity contribution in [1.29, 1.82) is 0 Å². The molecule has 0 saturated heterocycles. The fourth-order valence-electron chi connectivity index (χ4n) is 2.02. The highest BCUT2D eigenvalue weighted by Crippen LogP contribution is 2.25. The first-order valence-electron chi connectivity index (χ1n) is 6.10. The molecule has 0 spiro atoms. The summed E-state index contributed by atoms with van der Waals surface area (Å²) in [7, 11) is 0. The number of hydrogen-bond donors (Lipinski definition) is 0. The summed E-state index contributed by atoms with van der Waals surface area (Å²) < 4.78 is 0. The van der Waals surface area contributed by atoms with Gasteiger partial charge in [-0.15, -0.1) is 0 Å². The standard InChI is InChI=1S/C17H12ClN/c18-16-8-6-14(7-9-16)17-12-15(10-11-19-17)13-4-2-1-3-5-13/h1-12H. The van der Waals surface area contributed by atoms with Gasteiger partial charge in [0.2, 0.25) is 0 Å². The Hall–Kier alpha value is -2.12. The van der Waals surface area contributed by atoms with Gasteiger partial charge in [0.05, 0.1) is 5.69 Å². The summed E-state index contributed by atoms with van der Waals surface area (Å²) >= 11 is 5.91. The molecular weight excluding hydrogens is 254 g/mol. The lowest BCUT2D eigenvalue weighted by Gasteiger charge is -2.05. The van der Waals surface area contributed by atoms with Crippen LogP contribution in [-0.2, 0) is 0 Å². The van der Waals surface area contributed by atoms with E-state index in [1.165, 1.54) is 11.1 Å². The van der Waals surface area contributed by atoms with E-state index in [2.05, 4.69) is 23.2 Å². The Morgan fingerprint density at radius 2 is 1.42 bits per heavy atom. The van der Waals surface area contributed by atoms with Gasteiger partial charge in [0.1, 0.15) is 0 Å². The van der Waals surface area contributed by atoms with Crippen molar-refractivity contribution in [3.05, 3.63) is 77.9 Å². The van der Waals surface area contributed by atoms with Gasteiger partial charge in [-0.25, -0.2) is 0 Å². The van der Waals surface area contributed by atoms with Gasteiger partial charge >= 0.3 is 0 Å². The van der Waals surface area contributed by atoms with Crippen LogP contribution in [0, 0.1) is 0 Å². The zero-order valence-corrected chi connectivity index (χ0v) is 11.0. The predicted molar refractivity (Wildman–Crippen MR) is 80.1 cm³/mol. The van der Waals surface area contributed by atoms with Gasteiger partial charge < -0.3 is 0 Å². The molecule has 0 unspecified atom stereocenters. The predicted octanol–water partition coefficient (Wildman–Crippen LogP) is 5.07. The van der Waals surface area contributed by atoms with E-state index < -0.39 is 0 Å². The number of rotatable bonds is 2. The van der Waals surface area contributed by atoms with Crippen LogP contribution in [0.25, 0.3) is 22.4 Å². The fourth-order valence-corrected chi connectivity index (χ4v) is 2.15. The van der Waals surface area contributed by atoms with E-state index in [9.17, 15) is 0 Å². The fraction of sp³-hybridized carbons (Fsp3) is 0. The van der Waals surface area contributed by atoms with Crippen LogP contribution < -0.4 is 0 Å². The highest BCUT2D eigenvalue weighted by atomic mass is 35.5. The molecule has 2 heteroatoms. The molecule has 0 saturated carbocycles. The number of aromatic nitrogens is 1. The highest BCUT2D eigenvalue weighted by Gasteiger charge is 2.02. The molecule has 92 valence electrons. The second-order valence-corrected chi connectivity index (χ2v) is 4.74. The third kappa shape index (κ3) is 2.67. The van der Waals surface area contributed by atoms with Crippen molar-refractivity contribution in [2.75, 3.05) is 0 Å². The Balaban J connectivity index is 2.03. The summed E-state index contributed by atoms with van der Waals surface area (Å²) in [5.74, 6) is 0. The molecule has 0 amide bonds. The second-order valence-electron chi connectivity index (χ2n) is 4.30. The van der Waals surface area contributed by atoms with Crippen molar-refractivity contribution >= 4 is 11.6 Å². The van der Waals surface area contributed by atoms with Crippen molar-refractivity contribution in [2.45, 2.75) is 0 Å². The van der Waals surface area contributed by atoms with Crippen LogP contribution in [0.1, 0.15) is 0 Å². The van der Waals surface area contributed by atoms with E-state index in [0.717, 1.165) is 16.3 Å². The van der Waals surface area contributed by atoms with Crippen LogP contribution in [0.4, 0.5) is 0 Å². The molecule has 0 aliphatic rings. The molecule has 0 aliphatic heterocycles. The van der Waals surface area contributed by atoms with Crippen molar-refractivity contribution in [3.8, 4) is 22.4 Å². The lowest BCUT2D eigenvalue weighted by Crippen LogP contribution is -1.85. The zero-order valence-electron chi connectivity index (χ0n) is 10.3. The molecule has 0 fully saturated rings. The van der Waals surface area contributed by atoms with Crippen LogP contribution in [0.5, 0.6) is 0 Å². The Labute approximate surface area is 117 Å². The first-order chi connectivity index (χ1) is 9.33. The van der Waals surface area contributed by atoms with Gasteiger partial charge in [0.15, 0.2) is 0 Å². The summed E-state index contributed by atoms with van der Waals surface area (Å²) in [6.45, 7) is 0. The maximum absolute atomic E-state index is 5.91. The molecule has 1 heterocycles. The van der Waals surface area contributed by atoms with Gasteiger partial charge in [0, 0.05) is 16.8 Å². The van der Waals surface area contributed by atoms with E-state index in [1.54, 1.807) is 0 Å². The van der Waals surface area contributed by atoms with E-state index in [4.69, 9.17) is 11.6 Å². The zero-order chi connectivity index (χ0) is 13.1. The van der Waals surface area contributed by atoms with E-state index in [-0.39, 0.29) is 0 Å². The van der Waals surface area contributed by atoms with Gasteiger partial charge in [0.25, 0.3) is 0 Å². The molecular formula is C17H12ClN. The van der Waals surface area contributed by atoms with Crippen LogP contribution in [0.15, 0.2) is 72.9 Å². The largest absolute Gasteiger partial charge is 0.256 e. The third-order valence-corrected chi connectivity index (χ3v) is 3.26. The molecule has 0 radical (unpaired) electrons. The Bertz CT molecular complexity index is 675. The van der Waals surface area contributed by atoms with Crippen molar-refractivity contribution < 1.29 is 0 Å². The van der Waals surface area contributed by atoms with Gasteiger partial charge in [-0.1, -0.05) is 54.1 Å². The molecule has 0 bridgehead atoms. The molecule has 3 aromatic rings. The SMILES string of the molecule is Clc1ccc(-c2cc(-c3ccccc3)ccn2)cc1. The number of nitrogens with zero attached hydrogens (tertiary/aromatic N) is 1. The maximum Gasteiger partial charge on any atom is 0.0708 e. The van der Waals surface area contributed by atoms with Crippen LogP contribution in [0.2, 0.25) is 5.02 Å². The first-order valence-corrected chi connectivity index (χ1v) is 6.48. The molecule has 2 aromatic carbocycles. The summed E-state index contributed by atoms with van der Waals surface area (Å²) in [4.78, 5) is 4.42. The number of halogens is 1.